The molecule has 0 fully saturated rings. The van der Waals surface area contributed by atoms with Gasteiger partial charge in [-0.05, 0) is 38.5 Å². The van der Waals surface area contributed by atoms with Crippen molar-refractivity contribution in [2.24, 2.45) is 0 Å². The average Bonchev–Trinajstić information content (AvgIpc) is 2.17. The number of hydrogen-bond acceptors (Lipinski definition) is 2. The fraction of sp³-hybridized carbons (Fsp3) is 0.462. The van der Waals surface area contributed by atoms with Crippen molar-refractivity contribution in [2.75, 3.05) is 5.32 Å². The third-order valence-electron chi connectivity index (χ3n) is 2.45. The molecule has 0 saturated carbocycles. The number of nitrogens with one attached hydrogen (secondary N) is 1. The Morgan fingerprint density at radius 2 is 2.12 bits per heavy atom. The van der Waals surface area contributed by atoms with Crippen molar-refractivity contribution in [3.05, 3.63) is 28.8 Å². The molecule has 2 nitrogen and oxygen atoms in total. The first kappa shape index (κ1) is 12.9. The molecule has 0 amide bonds. The molecule has 0 radical (unpaired) electrons. The third kappa shape index (κ3) is 3.43. The van der Waals surface area contributed by atoms with E-state index in [0.717, 1.165) is 18.5 Å². The molecular formula is C13H17ClN2. The topological polar surface area (TPSA) is 35.8 Å². The van der Waals surface area contributed by atoms with E-state index < -0.39 is 0 Å². The maximum atomic E-state index is 9.00. The highest BCUT2D eigenvalue weighted by atomic mass is 35.5. The predicted octanol–water partition coefficient (Wildman–Crippen LogP) is 4.20. The van der Waals surface area contributed by atoms with E-state index in [1.165, 1.54) is 0 Å². The third-order valence-corrected chi connectivity index (χ3v) is 2.69. The first-order valence-corrected chi connectivity index (χ1v) is 5.84. The molecule has 1 rings (SSSR count). The molecule has 3 heteroatoms. The summed E-state index contributed by atoms with van der Waals surface area (Å²) in [5.41, 5.74) is 1.42. The van der Waals surface area contributed by atoms with E-state index in [1.807, 2.05) is 0 Å². The van der Waals surface area contributed by atoms with Crippen LogP contribution in [0.25, 0.3) is 0 Å². The van der Waals surface area contributed by atoms with Crippen LogP contribution in [0.1, 0.15) is 39.2 Å². The minimum atomic E-state index is -0.0228. The minimum absolute atomic E-state index is 0.0228. The molecule has 0 spiro atoms. The fourth-order valence-electron chi connectivity index (χ4n) is 1.77. The summed E-state index contributed by atoms with van der Waals surface area (Å²) in [6, 6.07) is 7.45. The second-order valence-electron chi connectivity index (χ2n) is 4.56. The number of nitriles is 1. The number of anilines is 1. The second kappa shape index (κ2) is 5.23. The molecule has 1 N–H and O–H groups in total. The lowest BCUT2D eigenvalue weighted by Gasteiger charge is -2.27. The van der Waals surface area contributed by atoms with Crippen molar-refractivity contribution in [1.82, 2.24) is 0 Å². The molecule has 1 aromatic carbocycles. The van der Waals surface area contributed by atoms with Gasteiger partial charge in [-0.25, -0.2) is 0 Å². The van der Waals surface area contributed by atoms with Crippen LogP contribution in [-0.2, 0) is 0 Å². The van der Waals surface area contributed by atoms with Gasteiger partial charge in [0.15, 0.2) is 0 Å². The highest BCUT2D eigenvalue weighted by Gasteiger charge is 2.17. The zero-order valence-corrected chi connectivity index (χ0v) is 10.7. The number of hydrogen-bond donors (Lipinski definition) is 1. The summed E-state index contributed by atoms with van der Waals surface area (Å²) in [6.45, 7) is 6.39. The number of nitrogens with zero attached hydrogens (tertiary/aromatic N) is 1. The lowest BCUT2D eigenvalue weighted by Crippen LogP contribution is -2.30. The zero-order chi connectivity index (χ0) is 12.2. The Balaban J connectivity index is 2.96. The predicted molar refractivity (Wildman–Crippen MR) is 68.8 cm³/mol. The quantitative estimate of drug-likeness (QED) is 0.851. The van der Waals surface area contributed by atoms with Crippen LogP contribution in [0, 0.1) is 11.3 Å². The van der Waals surface area contributed by atoms with Crippen LogP contribution < -0.4 is 5.32 Å². The van der Waals surface area contributed by atoms with Gasteiger partial charge in [-0.1, -0.05) is 24.9 Å². The van der Waals surface area contributed by atoms with E-state index >= 15 is 0 Å². The van der Waals surface area contributed by atoms with Crippen LogP contribution >= 0.6 is 11.6 Å². The largest absolute Gasteiger partial charge is 0.379 e. The molecule has 0 aliphatic heterocycles. The molecule has 0 bridgehead atoms. The van der Waals surface area contributed by atoms with E-state index in [0.29, 0.717) is 10.6 Å². The van der Waals surface area contributed by atoms with Crippen molar-refractivity contribution < 1.29 is 0 Å². The zero-order valence-electron chi connectivity index (χ0n) is 9.97. The Hall–Kier alpha value is -1.20. The maximum absolute atomic E-state index is 9.00. The van der Waals surface area contributed by atoms with Crippen LogP contribution in [-0.4, -0.2) is 5.54 Å². The van der Waals surface area contributed by atoms with Gasteiger partial charge in [0.05, 0.1) is 11.3 Å². The van der Waals surface area contributed by atoms with E-state index in [9.17, 15) is 0 Å². The smallest absolute Gasteiger partial charge is 0.101 e. The molecule has 86 valence electrons. The molecule has 0 aliphatic rings. The van der Waals surface area contributed by atoms with Crippen molar-refractivity contribution in [3.63, 3.8) is 0 Å². The second-order valence-corrected chi connectivity index (χ2v) is 5.00. The first-order chi connectivity index (χ1) is 7.48. The van der Waals surface area contributed by atoms with Crippen molar-refractivity contribution in [3.8, 4) is 6.07 Å². The maximum Gasteiger partial charge on any atom is 0.101 e. The van der Waals surface area contributed by atoms with E-state index in [1.54, 1.807) is 18.2 Å². The van der Waals surface area contributed by atoms with E-state index in [4.69, 9.17) is 16.9 Å². The molecule has 16 heavy (non-hydrogen) atoms. The minimum Gasteiger partial charge on any atom is -0.379 e. The first-order valence-electron chi connectivity index (χ1n) is 5.46. The Morgan fingerprint density at radius 1 is 1.44 bits per heavy atom. The number of halogens is 1. The Bertz CT molecular complexity index is 405. The Labute approximate surface area is 102 Å². The van der Waals surface area contributed by atoms with Gasteiger partial charge >= 0.3 is 0 Å². The van der Waals surface area contributed by atoms with Gasteiger partial charge < -0.3 is 5.32 Å². The summed E-state index contributed by atoms with van der Waals surface area (Å²) < 4.78 is 0. The average molecular weight is 237 g/mol. The molecule has 1 aromatic rings. The van der Waals surface area contributed by atoms with Crippen LogP contribution in [0.4, 0.5) is 5.69 Å². The van der Waals surface area contributed by atoms with Crippen LogP contribution in [0.5, 0.6) is 0 Å². The normalized spacial score (nSPS) is 10.9. The van der Waals surface area contributed by atoms with E-state index in [-0.39, 0.29) is 5.54 Å². The highest BCUT2D eigenvalue weighted by molar-refractivity contribution is 6.30. The molecule has 0 heterocycles. The van der Waals surface area contributed by atoms with Gasteiger partial charge in [-0.2, -0.15) is 5.26 Å². The molecular weight excluding hydrogens is 220 g/mol. The number of rotatable bonds is 4. The highest BCUT2D eigenvalue weighted by Crippen LogP contribution is 2.25. The van der Waals surface area contributed by atoms with Gasteiger partial charge in [0.2, 0.25) is 0 Å². The Kier molecular flexibility index (Phi) is 4.20. The SMILES string of the molecule is CCCC(C)(C)Nc1cc(Cl)ccc1C#N. The van der Waals surface area contributed by atoms with Gasteiger partial charge in [-0.3, -0.25) is 0 Å². The summed E-state index contributed by atoms with van der Waals surface area (Å²) >= 11 is 5.93. The van der Waals surface area contributed by atoms with Gasteiger partial charge in [0, 0.05) is 10.6 Å². The monoisotopic (exact) mass is 236 g/mol. The summed E-state index contributed by atoms with van der Waals surface area (Å²) in [5.74, 6) is 0. The Morgan fingerprint density at radius 3 is 2.69 bits per heavy atom. The molecule has 0 unspecified atom stereocenters. The standard InChI is InChI=1S/C13H17ClN2/c1-4-7-13(2,3)16-12-8-11(14)6-5-10(12)9-15/h5-6,8,16H,4,7H2,1-3H3. The van der Waals surface area contributed by atoms with Gasteiger partial charge in [0.1, 0.15) is 6.07 Å². The van der Waals surface area contributed by atoms with Crippen molar-refractivity contribution >= 4 is 17.3 Å². The van der Waals surface area contributed by atoms with Gasteiger partial charge in [-0.15, -0.1) is 0 Å². The molecule has 0 atom stereocenters. The summed E-state index contributed by atoms with van der Waals surface area (Å²) in [7, 11) is 0. The summed E-state index contributed by atoms with van der Waals surface area (Å²) in [6.07, 6.45) is 2.15. The lowest BCUT2D eigenvalue weighted by atomic mass is 9.98. The number of benzene rings is 1. The molecule has 0 aliphatic carbocycles. The van der Waals surface area contributed by atoms with Crippen LogP contribution in [0.15, 0.2) is 18.2 Å². The van der Waals surface area contributed by atoms with Crippen LogP contribution in [0.2, 0.25) is 5.02 Å². The van der Waals surface area contributed by atoms with Crippen LogP contribution in [0.3, 0.4) is 0 Å². The summed E-state index contributed by atoms with van der Waals surface area (Å²) in [5, 5.41) is 13.0. The van der Waals surface area contributed by atoms with E-state index in [2.05, 4.69) is 32.2 Å². The molecule has 0 aromatic heterocycles. The van der Waals surface area contributed by atoms with Crippen molar-refractivity contribution in [1.29, 1.82) is 5.26 Å². The lowest BCUT2D eigenvalue weighted by molar-refractivity contribution is 0.511. The fourth-order valence-corrected chi connectivity index (χ4v) is 1.94. The molecule has 0 saturated heterocycles. The summed E-state index contributed by atoms with van der Waals surface area (Å²) in [4.78, 5) is 0. The van der Waals surface area contributed by atoms with Gasteiger partial charge in [0.25, 0.3) is 0 Å². The van der Waals surface area contributed by atoms with Crippen molar-refractivity contribution in [2.45, 2.75) is 39.2 Å².